The van der Waals surface area contributed by atoms with E-state index in [0.29, 0.717) is 11.9 Å². The highest BCUT2D eigenvalue weighted by atomic mass is 16.2. The molecule has 0 bridgehead atoms. The van der Waals surface area contributed by atoms with Crippen LogP contribution in [0.2, 0.25) is 0 Å². The maximum absolute atomic E-state index is 12.6. The molecule has 2 aliphatic rings. The second kappa shape index (κ2) is 4.52. The third-order valence-corrected chi connectivity index (χ3v) is 5.57. The summed E-state index contributed by atoms with van der Waals surface area (Å²) in [4.78, 5) is 14.7. The maximum atomic E-state index is 12.6. The van der Waals surface area contributed by atoms with Gasteiger partial charge in [0.15, 0.2) is 0 Å². The van der Waals surface area contributed by atoms with Gasteiger partial charge in [0.05, 0.1) is 0 Å². The molecule has 1 saturated carbocycles. The van der Waals surface area contributed by atoms with E-state index in [-0.39, 0.29) is 16.7 Å². The molecule has 104 valence electrons. The van der Waals surface area contributed by atoms with Crippen LogP contribution in [0.5, 0.6) is 0 Å². The SMILES string of the molecule is CCNC1CCN(C(=O)C2C(C)(C)C2(C)C)CC1. The topological polar surface area (TPSA) is 32.3 Å². The van der Waals surface area contributed by atoms with Crippen molar-refractivity contribution < 1.29 is 4.79 Å². The summed E-state index contributed by atoms with van der Waals surface area (Å²) >= 11 is 0. The lowest BCUT2D eigenvalue weighted by Crippen LogP contribution is -2.45. The molecule has 2 rings (SSSR count). The van der Waals surface area contributed by atoms with E-state index in [2.05, 4.69) is 44.8 Å². The molecule has 2 fully saturated rings. The van der Waals surface area contributed by atoms with Crippen molar-refractivity contribution in [2.24, 2.45) is 16.7 Å². The summed E-state index contributed by atoms with van der Waals surface area (Å²) in [5.41, 5.74) is 0.338. The Balaban J connectivity index is 1.90. The van der Waals surface area contributed by atoms with Gasteiger partial charge in [-0.25, -0.2) is 0 Å². The Morgan fingerprint density at radius 3 is 2.06 bits per heavy atom. The fourth-order valence-electron chi connectivity index (χ4n) is 3.59. The molecule has 1 saturated heterocycles. The van der Waals surface area contributed by atoms with Gasteiger partial charge in [0.25, 0.3) is 0 Å². The average molecular weight is 252 g/mol. The van der Waals surface area contributed by atoms with Gasteiger partial charge >= 0.3 is 0 Å². The Morgan fingerprint density at radius 1 is 1.17 bits per heavy atom. The summed E-state index contributed by atoms with van der Waals surface area (Å²) in [7, 11) is 0. The molecule has 0 atom stereocenters. The minimum Gasteiger partial charge on any atom is -0.342 e. The number of nitrogens with zero attached hydrogens (tertiary/aromatic N) is 1. The molecule has 0 aromatic carbocycles. The van der Waals surface area contributed by atoms with E-state index in [1.807, 2.05) is 0 Å². The Morgan fingerprint density at radius 2 is 1.67 bits per heavy atom. The lowest BCUT2D eigenvalue weighted by Gasteiger charge is -2.33. The fraction of sp³-hybridized carbons (Fsp3) is 0.933. The monoisotopic (exact) mass is 252 g/mol. The number of carbonyl (C=O) groups excluding carboxylic acids is 1. The molecular formula is C15H28N2O. The van der Waals surface area contributed by atoms with Crippen molar-refractivity contribution >= 4 is 5.91 Å². The predicted molar refractivity (Wildman–Crippen MR) is 74.3 cm³/mol. The van der Waals surface area contributed by atoms with Crippen LogP contribution in [-0.2, 0) is 4.79 Å². The van der Waals surface area contributed by atoms with Crippen LogP contribution in [0.3, 0.4) is 0 Å². The first-order chi connectivity index (χ1) is 8.32. The first-order valence-electron chi connectivity index (χ1n) is 7.34. The second-order valence-corrected chi connectivity index (χ2v) is 7.03. The highest BCUT2D eigenvalue weighted by Crippen LogP contribution is 2.68. The summed E-state index contributed by atoms with van der Waals surface area (Å²) < 4.78 is 0. The van der Waals surface area contributed by atoms with Gasteiger partial charge in [0, 0.05) is 25.0 Å². The van der Waals surface area contributed by atoms with Crippen molar-refractivity contribution in [2.75, 3.05) is 19.6 Å². The minimum absolute atomic E-state index is 0.169. The zero-order chi connectivity index (χ0) is 13.6. The lowest BCUT2D eigenvalue weighted by atomic mass is 10.0. The Labute approximate surface area is 111 Å². The van der Waals surface area contributed by atoms with Crippen molar-refractivity contribution in [3.8, 4) is 0 Å². The lowest BCUT2D eigenvalue weighted by molar-refractivity contribution is -0.135. The standard InChI is InChI=1S/C15H28N2O/c1-6-16-11-7-9-17(10-8-11)13(18)12-14(2,3)15(12,4)5/h11-12,16H,6-10H2,1-5H3. The number of hydrogen-bond acceptors (Lipinski definition) is 2. The van der Waals surface area contributed by atoms with Crippen LogP contribution in [0.25, 0.3) is 0 Å². The van der Waals surface area contributed by atoms with E-state index in [9.17, 15) is 4.79 Å². The molecule has 1 aliphatic heterocycles. The maximum Gasteiger partial charge on any atom is 0.226 e. The van der Waals surface area contributed by atoms with Gasteiger partial charge in [-0.05, 0) is 30.2 Å². The van der Waals surface area contributed by atoms with Crippen LogP contribution in [0, 0.1) is 16.7 Å². The van der Waals surface area contributed by atoms with Crippen molar-refractivity contribution in [2.45, 2.75) is 53.5 Å². The number of rotatable bonds is 3. The van der Waals surface area contributed by atoms with Crippen molar-refractivity contribution in [3.05, 3.63) is 0 Å². The van der Waals surface area contributed by atoms with Gasteiger partial charge in [-0.15, -0.1) is 0 Å². The molecule has 1 heterocycles. The van der Waals surface area contributed by atoms with Crippen LogP contribution in [-0.4, -0.2) is 36.5 Å². The molecular weight excluding hydrogens is 224 g/mol. The van der Waals surface area contributed by atoms with E-state index in [1.165, 1.54) is 0 Å². The average Bonchev–Trinajstić information content (AvgIpc) is 2.70. The molecule has 18 heavy (non-hydrogen) atoms. The zero-order valence-corrected chi connectivity index (χ0v) is 12.5. The largest absolute Gasteiger partial charge is 0.342 e. The molecule has 1 N–H and O–H groups in total. The van der Waals surface area contributed by atoms with E-state index in [4.69, 9.17) is 0 Å². The molecule has 0 unspecified atom stereocenters. The van der Waals surface area contributed by atoms with E-state index in [1.54, 1.807) is 0 Å². The van der Waals surface area contributed by atoms with Crippen molar-refractivity contribution in [1.29, 1.82) is 0 Å². The molecule has 0 aromatic heterocycles. The Kier molecular flexibility index (Phi) is 3.48. The summed E-state index contributed by atoms with van der Waals surface area (Å²) in [6.07, 6.45) is 2.21. The van der Waals surface area contributed by atoms with Gasteiger partial charge in [0.1, 0.15) is 0 Å². The van der Waals surface area contributed by atoms with Gasteiger partial charge in [-0.2, -0.15) is 0 Å². The first kappa shape index (κ1) is 13.9. The van der Waals surface area contributed by atoms with Crippen LogP contribution in [0.1, 0.15) is 47.5 Å². The minimum atomic E-state index is 0.169. The number of piperidine rings is 1. The molecule has 1 amide bonds. The van der Waals surface area contributed by atoms with Gasteiger partial charge < -0.3 is 10.2 Å². The quantitative estimate of drug-likeness (QED) is 0.835. The zero-order valence-electron chi connectivity index (χ0n) is 12.5. The molecule has 1 aliphatic carbocycles. The Hall–Kier alpha value is -0.570. The third kappa shape index (κ3) is 2.07. The van der Waals surface area contributed by atoms with E-state index < -0.39 is 0 Å². The van der Waals surface area contributed by atoms with Crippen molar-refractivity contribution in [3.63, 3.8) is 0 Å². The highest BCUT2D eigenvalue weighted by molar-refractivity contribution is 5.84. The number of nitrogens with one attached hydrogen (secondary N) is 1. The summed E-state index contributed by atoms with van der Waals surface area (Å²) in [6.45, 7) is 13.9. The normalized spacial score (nSPS) is 27.3. The number of hydrogen-bond donors (Lipinski definition) is 1. The van der Waals surface area contributed by atoms with Crippen LogP contribution in [0.15, 0.2) is 0 Å². The van der Waals surface area contributed by atoms with Crippen LogP contribution < -0.4 is 5.32 Å². The molecule has 0 aromatic rings. The predicted octanol–water partition coefficient (Wildman–Crippen LogP) is 2.27. The smallest absolute Gasteiger partial charge is 0.226 e. The Bertz CT molecular complexity index is 313. The van der Waals surface area contributed by atoms with Crippen molar-refractivity contribution in [1.82, 2.24) is 10.2 Å². The van der Waals surface area contributed by atoms with Gasteiger partial charge in [-0.1, -0.05) is 34.6 Å². The molecule has 0 spiro atoms. The first-order valence-corrected chi connectivity index (χ1v) is 7.34. The molecule has 0 radical (unpaired) electrons. The summed E-state index contributed by atoms with van der Waals surface area (Å²) in [5.74, 6) is 0.612. The van der Waals surface area contributed by atoms with Gasteiger partial charge in [-0.3, -0.25) is 4.79 Å². The van der Waals surface area contributed by atoms with Gasteiger partial charge in [0.2, 0.25) is 5.91 Å². The fourth-order valence-corrected chi connectivity index (χ4v) is 3.59. The van der Waals surface area contributed by atoms with E-state index in [0.717, 1.165) is 32.5 Å². The van der Waals surface area contributed by atoms with E-state index >= 15 is 0 Å². The highest BCUT2D eigenvalue weighted by Gasteiger charge is 2.68. The molecule has 3 heteroatoms. The number of carbonyl (C=O) groups is 1. The number of amides is 1. The third-order valence-electron chi connectivity index (χ3n) is 5.57. The second-order valence-electron chi connectivity index (χ2n) is 7.03. The molecule has 3 nitrogen and oxygen atoms in total. The van der Waals surface area contributed by atoms with Crippen LogP contribution in [0.4, 0.5) is 0 Å². The summed E-state index contributed by atoms with van der Waals surface area (Å²) in [5, 5.41) is 3.48. The number of likely N-dealkylation sites (tertiary alicyclic amines) is 1. The summed E-state index contributed by atoms with van der Waals surface area (Å²) in [6, 6.07) is 0.610. The van der Waals surface area contributed by atoms with Crippen LogP contribution >= 0.6 is 0 Å².